The van der Waals surface area contributed by atoms with Gasteiger partial charge in [-0.25, -0.2) is 0 Å². The van der Waals surface area contributed by atoms with E-state index in [1.54, 1.807) is 0 Å². The molecule has 2 heteroatoms. The second-order valence-corrected chi connectivity index (χ2v) is 8.39. The van der Waals surface area contributed by atoms with E-state index in [-0.39, 0.29) is 12.1 Å². The summed E-state index contributed by atoms with van der Waals surface area (Å²) in [6.45, 7) is 10.5. The van der Waals surface area contributed by atoms with Gasteiger partial charge >= 0.3 is 5.97 Å². The lowest BCUT2D eigenvalue weighted by molar-refractivity contribution is -0.147. The van der Waals surface area contributed by atoms with Crippen LogP contribution in [0.4, 0.5) is 0 Å². The predicted octanol–water partition coefficient (Wildman–Crippen LogP) is 8.45. The molecule has 2 nitrogen and oxygen atoms in total. The second-order valence-electron chi connectivity index (χ2n) is 8.39. The molecule has 0 unspecified atom stereocenters. The van der Waals surface area contributed by atoms with Crippen LogP contribution in [0.3, 0.4) is 0 Å². The largest absolute Gasteiger partial charge is 0.463 e. The van der Waals surface area contributed by atoms with E-state index < -0.39 is 0 Å². The molecule has 0 aromatic heterocycles. The lowest BCUT2D eigenvalue weighted by atomic mass is 10.0. The van der Waals surface area contributed by atoms with E-state index in [2.05, 4.69) is 45.0 Å². The highest BCUT2D eigenvalue weighted by Gasteiger charge is 2.04. The number of ether oxygens (including phenoxy) is 1. The van der Waals surface area contributed by atoms with E-state index in [0.29, 0.717) is 12.3 Å². The van der Waals surface area contributed by atoms with Crippen LogP contribution in [0.1, 0.15) is 123 Å². The minimum absolute atomic E-state index is 0.0280. The molecule has 162 valence electrons. The Hall–Kier alpha value is -1.31. The predicted molar refractivity (Wildman–Crippen MR) is 123 cm³/mol. The summed E-state index contributed by atoms with van der Waals surface area (Å²) in [4.78, 5) is 11.3. The molecule has 0 heterocycles. The average molecular weight is 391 g/mol. The molecule has 0 amide bonds. The molecule has 0 fully saturated rings. The van der Waals surface area contributed by atoms with Crippen LogP contribution in [0.5, 0.6) is 0 Å². The molecule has 1 rings (SSSR count). The van der Waals surface area contributed by atoms with Crippen LogP contribution in [-0.2, 0) is 9.53 Å². The second kappa shape index (κ2) is 19.0. The highest BCUT2D eigenvalue weighted by Crippen LogP contribution is 2.13. The minimum atomic E-state index is -0.0362. The van der Waals surface area contributed by atoms with Crippen molar-refractivity contribution >= 4 is 5.97 Å². The van der Waals surface area contributed by atoms with Crippen molar-refractivity contribution in [3.05, 3.63) is 35.9 Å². The topological polar surface area (TPSA) is 26.3 Å². The lowest BCUT2D eigenvalue weighted by Crippen LogP contribution is -2.10. The summed E-state index contributed by atoms with van der Waals surface area (Å²) in [5, 5.41) is 0. The molecule has 1 aromatic rings. The summed E-state index contributed by atoms with van der Waals surface area (Å²) >= 11 is 0. The van der Waals surface area contributed by atoms with E-state index >= 15 is 0 Å². The van der Waals surface area contributed by atoms with Crippen molar-refractivity contribution in [1.29, 1.82) is 0 Å². The van der Waals surface area contributed by atoms with Crippen molar-refractivity contribution in [2.45, 2.75) is 124 Å². The first-order chi connectivity index (χ1) is 13.5. The molecule has 0 aliphatic rings. The summed E-state index contributed by atoms with van der Waals surface area (Å²) in [5.74, 6) is 0.622. The summed E-state index contributed by atoms with van der Waals surface area (Å²) in [6.07, 6.45) is 15.1. The normalized spacial score (nSPS) is 10.7. The molecule has 0 radical (unpaired) electrons. The maximum atomic E-state index is 11.3. The third-order valence-corrected chi connectivity index (χ3v) is 4.82. The van der Waals surface area contributed by atoms with E-state index in [1.807, 2.05) is 19.9 Å². The van der Waals surface area contributed by atoms with E-state index in [0.717, 1.165) is 6.42 Å². The standard InChI is InChI=1S/C17H34O2.C9H12/c1-4-5-6-7-8-9-10-11-12-13-14-15-17(18)19-16(2)3;1-8(2)9-6-4-3-5-7-9/h16H,4-15H2,1-3H3;3-8H,1-2H3. The number of hydrogen-bond acceptors (Lipinski definition) is 2. The van der Waals surface area contributed by atoms with Crippen molar-refractivity contribution < 1.29 is 9.53 Å². The van der Waals surface area contributed by atoms with Crippen molar-refractivity contribution in [2.75, 3.05) is 0 Å². The van der Waals surface area contributed by atoms with Gasteiger partial charge in [-0.05, 0) is 31.7 Å². The molecule has 0 saturated carbocycles. The van der Waals surface area contributed by atoms with Gasteiger partial charge in [0.15, 0.2) is 0 Å². The Kier molecular flexibility index (Phi) is 18.1. The maximum Gasteiger partial charge on any atom is 0.306 e. The van der Waals surface area contributed by atoms with Crippen molar-refractivity contribution in [3.63, 3.8) is 0 Å². The van der Waals surface area contributed by atoms with Crippen LogP contribution in [-0.4, -0.2) is 12.1 Å². The molecule has 0 spiro atoms. The Labute approximate surface area is 175 Å². The van der Waals surface area contributed by atoms with Crippen LogP contribution in [0.2, 0.25) is 0 Å². The van der Waals surface area contributed by atoms with Gasteiger partial charge in [-0.3, -0.25) is 4.79 Å². The van der Waals surface area contributed by atoms with Gasteiger partial charge in [0.05, 0.1) is 6.10 Å². The monoisotopic (exact) mass is 390 g/mol. The minimum Gasteiger partial charge on any atom is -0.463 e. The first kappa shape index (κ1) is 26.7. The van der Waals surface area contributed by atoms with E-state index in [9.17, 15) is 4.79 Å². The SMILES string of the molecule is CC(C)c1ccccc1.CCCCCCCCCCCCCC(=O)OC(C)C. The number of esters is 1. The van der Waals surface area contributed by atoms with Gasteiger partial charge in [0.1, 0.15) is 0 Å². The first-order valence-electron chi connectivity index (χ1n) is 11.7. The maximum absolute atomic E-state index is 11.3. The molecule has 0 N–H and O–H groups in total. The lowest BCUT2D eigenvalue weighted by Gasteiger charge is -2.07. The first-order valence-corrected chi connectivity index (χ1v) is 11.7. The highest BCUT2D eigenvalue weighted by atomic mass is 16.5. The number of hydrogen-bond donors (Lipinski definition) is 0. The summed E-state index contributed by atoms with van der Waals surface area (Å²) in [5.41, 5.74) is 1.41. The Morgan fingerprint density at radius 2 is 1.21 bits per heavy atom. The fourth-order valence-corrected chi connectivity index (χ4v) is 3.09. The molecule has 0 aliphatic carbocycles. The Morgan fingerprint density at radius 1 is 0.750 bits per heavy atom. The molecule has 28 heavy (non-hydrogen) atoms. The van der Waals surface area contributed by atoms with Crippen LogP contribution < -0.4 is 0 Å². The quantitative estimate of drug-likeness (QED) is 0.235. The van der Waals surface area contributed by atoms with Gasteiger partial charge in [-0.1, -0.05) is 115 Å². The van der Waals surface area contributed by atoms with Crippen molar-refractivity contribution in [2.24, 2.45) is 0 Å². The number of carbonyl (C=O) groups excluding carboxylic acids is 1. The fourth-order valence-electron chi connectivity index (χ4n) is 3.09. The molecule has 0 aliphatic heterocycles. The summed E-state index contributed by atoms with van der Waals surface area (Å²) < 4.78 is 5.10. The number of rotatable bonds is 14. The molecular formula is C26H46O2. The third-order valence-electron chi connectivity index (χ3n) is 4.82. The number of unbranched alkanes of at least 4 members (excludes halogenated alkanes) is 10. The van der Waals surface area contributed by atoms with Gasteiger partial charge in [0, 0.05) is 6.42 Å². The smallest absolute Gasteiger partial charge is 0.306 e. The van der Waals surface area contributed by atoms with E-state index in [1.165, 1.54) is 69.8 Å². The Morgan fingerprint density at radius 3 is 1.61 bits per heavy atom. The molecule has 0 atom stereocenters. The number of carbonyl (C=O) groups is 1. The summed E-state index contributed by atoms with van der Waals surface area (Å²) in [6, 6.07) is 10.5. The van der Waals surface area contributed by atoms with Gasteiger partial charge in [-0.2, -0.15) is 0 Å². The van der Waals surface area contributed by atoms with E-state index in [4.69, 9.17) is 4.74 Å². The van der Waals surface area contributed by atoms with Gasteiger partial charge < -0.3 is 4.74 Å². The zero-order valence-corrected chi connectivity index (χ0v) is 19.3. The van der Waals surface area contributed by atoms with Crippen molar-refractivity contribution in [3.8, 4) is 0 Å². The van der Waals surface area contributed by atoms with Crippen molar-refractivity contribution in [1.82, 2.24) is 0 Å². The Balaban J connectivity index is 0.000000668. The zero-order chi connectivity index (χ0) is 21.0. The Bertz CT molecular complexity index is 451. The zero-order valence-electron chi connectivity index (χ0n) is 19.3. The fraction of sp³-hybridized carbons (Fsp3) is 0.731. The van der Waals surface area contributed by atoms with Crippen LogP contribution >= 0.6 is 0 Å². The number of benzene rings is 1. The molecule has 0 bridgehead atoms. The van der Waals surface area contributed by atoms with Crippen LogP contribution in [0.15, 0.2) is 30.3 Å². The summed E-state index contributed by atoms with van der Waals surface area (Å²) in [7, 11) is 0. The molecular weight excluding hydrogens is 344 g/mol. The van der Waals surface area contributed by atoms with Gasteiger partial charge in [0.2, 0.25) is 0 Å². The highest BCUT2D eigenvalue weighted by molar-refractivity contribution is 5.69. The van der Waals surface area contributed by atoms with Gasteiger partial charge in [-0.15, -0.1) is 0 Å². The van der Waals surface area contributed by atoms with Crippen LogP contribution in [0.25, 0.3) is 0 Å². The molecule has 1 aromatic carbocycles. The van der Waals surface area contributed by atoms with Crippen LogP contribution in [0, 0.1) is 0 Å². The van der Waals surface area contributed by atoms with Gasteiger partial charge in [0.25, 0.3) is 0 Å². The third kappa shape index (κ3) is 18.1. The molecule has 0 saturated heterocycles. The average Bonchev–Trinajstić information content (AvgIpc) is 2.66.